The van der Waals surface area contributed by atoms with Crippen molar-refractivity contribution in [3.05, 3.63) is 66.4 Å². The first-order valence-electron chi connectivity index (χ1n) is 9.21. The van der Waals surface area contributed by atoms with E-state index in [2.05, 4.69) is 10.3 Å². The van der Waals surface area contributed by atoms with Crippen LogP contribution in [-0.2, 0) is 16.1 Å². The van der Waals surface area contributed by atoms with Gasteiger partial charge in [-0.15, -0.1) is 0 Å². The molecule has 1 aliphatic heterocycles. The molecule has 2 heterocycles. The molecular formula is C22H21N3O3. The largest absolute Gasteiger partial charge is 0.495 e. The lowest BCUT2D eigenvalue weighted by Gasteiger charge is -2.19. The summed E-state index contributed by atoms with van der Waals surface area (Å²) in [6, 6.07) is 17.1. The lowest BCUT2D eigenvalue weighted by Crippen LogP contribution is -2.32. The second-order valence-corrected chi connectivity index (χ2v) is 6.78. The van der Waals surface area contributed by atoms with Crippen molar-refractivity contribution in [2.75, 3.05) is 18.6 Å². The summed E-state index contributed by atoms with van der Waals surface area (Å²) in [6.45, 7) is 0.753. The average molecular weight is 375 g/mol. The third-order valence-electron chi connectivity index (χ3n) is 5.06. The summed E-state index contributed by atoms with van der Waals surface area (Å²) in [5, 5.41) is 3.99. The van der Waals surface area contributed by atoms with Gasteiger partial charge in [0.2, 0.25) is 11.8 Å². The van der Waals surface area contributed by atoms with Gasteiger partial charge in [0.25, 0.3) is 0 Å². The highest BCUT2D eigenvalue weighted by molar-refractivity contribution is 6.01. The van der Waals surface area contributed by atoms with Crippen LogP contribution in [-0.4, -0.2) is 30.5 Å². The van der Waals surface area contributed by atoms with E-state index in [4.69, 9.17) is 4.74 Å². The standard InChI is InChI=1S/C22H21N3O3/c1-28-20-9-5-4-8-19(20)25-14-16(12-21(25)26)22(27)24-13-15-10-11-23-18-7-3-2-6-17(15)18/h2-11,16H,12-14H2,1H3,(H,24,27)/t16-/m0/s1. The third-order valence-corrected chi connectivity index (χ3v) is 5.06. The molecule has 3 aromatic rings. The fourth-order valence-corrected chi connectivity index (χ4v) is 3.60. The molecule has 1 aliphatic rings. The predicted molar refractivity (Wildman–Crippen MR) is 107 cm³/mol. The van der Waals surface area contributed by atoms with E-state index in [0.717, 1.165) is 16.5 Å². The molecule has 0 aliphatic carbocycles. The SMILES string of the molecule is COc1ccccc1N1C[C@@H](C(=O)NCc2ccnc3ccccc23)CC1=O. The molecule has 0 unspecified atom stereocenters. The van der Waals surface area contributed by atoms with Crippen molar-refractivity contribution in [2.24, 2.45) is 5.92 Å². The van der Waals surface area contributed by atoms with Crippen molar-refractivity contribution in [3.8, 4) is 5.75 Å². The zero-order valence-electron chi connectivity index (χ0n) is 15.6. The number of aromatic nitrogens is 1. The topological polar surface area (TPSA) is 71.5 Å². The fraction of sp³-hybridized carbons (Fsp3) is 0.227. The van der Waals surface area contributed by atoms with Gasteiger partial charge in [-0.25, -0.2) is 0 Å². The molecule has 0 saturated carbocycles. The molecule has 4 rings (SSSR count). The summed E-state index contributed by atoms with van der Waals surface area (Å²) >= 11 is 0. The smallest absolute Gasteiger partial charge is 0.227 e. The minimum absolute atomic E-state index is 0.0704. The monoisotopic (exact) mass is 375 g/mol. The van der Waals surface area contributed by atoms with E-state index in [9.17, 15) is 9.59 Å². The maximum atomic E-state index is 12.7. The maximum absolute atomic E-state index is 12.7. The zero-order chi connectivity index (χ0) is 19.5. The van der Waals surface area contributed by atoms with E-state index in [1.165, 1.54) is 0 Å². The van der Waals surface area contributed by atoms with Gasteiger partial charge in [-0.05, 0) is 29.8 Å². The average Bonchev–Trinajstić information content (AvgIpc) is 3.13. The van der Waals surface area contributed by atoms with E-state index in [-0.39, 0.29) is 24.2 Å². The summed E-state index contributed by atoms with van der Waals surface area (Å²) in [4.78, 5) is 31.2. The van der Waals surface area contributed by atoms with Crippen molar-refractivity contribution in [1.29, 1.82) is 0 Å². The highest BCUT2D eigenvalue weighted by Gasteiger charge is 2.36. The number of pyridine rings is 1. The first-order chi connectivity index (χ1) is 13.7. The Kier molecular flexibility index (Phi) is 4.93. The van der Waals surface area contributed by atoms with Gasteiger partial charge < -0.3 is 15.0 Å². The van der Waals surface area contributed by atoms with E-state index >= 15 is 0 Å². The summed E-state index contributed by atoms with van der Waals surface area (Å²) in [5.74, 6) is 0.0522. The Morgan fingerprint density at radius 1 is 1.18 bits per heavy atom. The molecular weight excluding hydrogens is 354 g/mol. The third kappa shape index (κ3) is 3.41. The molecule has 1 saturated heterocycles. The van der Waals surface area contributed by atoms with Crippen LogP contribution in [0.3, 0.4) is 0 Å². The van der Waals surface area contributed by atoms with Crippen LogP contribution in [0.4, 0.5) is 5.69 Å². The summed E-state index contributed by atoms with van der Waals surface area (Å²) in [6.07, 6.45) is 1.94. The Labute approximate surface area is 163 Å². The second kappa shape index (κ2) is 7.68. The number of carbonyl (C=O) groups excluding carboxylic acids is 2. The number of hydrogen-bond donors (Lipinski definition) is 1. The van der Waals surface area contributed by atoms with Crippen LogP contribution in [0.2, 0.25) is 0 Å². The molecule has 142 valence electrons. The number of anilines is 1. The Balaban J connectivity index is 1.45. The molecule has 2 amide bonds. The van der Waals surface area contributed by atoms with Gasteiger partial charge in [0, 0.05) is 31.1 Å². The molecule has 1 atom stereocenters. The van der Waals surface area contributed by atoms with Gasteiger partial charge in [0.15, 0.2) is 0 Å². The Hall–Kier alpha value is -3.41. The molecule has 1 fully saturated rings. The van der Waals surface area contributed by atoms with Crippen molar-refractivity contribution >= 4 is 28.4 Å². The number of hydrogen-bond acceptors (Lipinski definition) is 4. The van der Waals surface area contributed by atoms with Crippen LogP contribution >= 0.6 is 0 Å². The van der Waals surface area contributed by atoms with E-state index in [1.54, 1.807) is 18.2 Å². The van der Waals surface area contributed by atoms with Gasteiger partial charge in [0.1, 0.15) is 5.75 Å². The predicted octanol–water partition coefficient (Wildman–Crippen LogP) is 2.91. The number of methoxy groups -OCH3 is 1. The quantitative estimate of drug-likeness (QED) is 0.744. The summed E-state index contributed by atoms with van der Waals surface area (Å²) in [5.41, 5.74) is 2.60. The number of benzene rings is 2. The first-order valence-corrected chi connectivity index (χ1v) is 9.21. The molecule has 6 heteroatoms. The maximum Gasteiger partial charge on any atom is 0.227 e. The van der Waals surface area contributed by atoms with E-state index in [1.807, 2.05) is 54.6 Å². The van der Waals surface area contributed by atoms with Crippen LogP contribution in [0.5, 0.6) is 5.75 Å². The molecule has 0 bridgehead atoms. The van der Waals surface area contributed by atoms with Crippen LogP contribution in [0.1, 0.15) is 12.0 Å². The van der Waals surface area contributed by atoms with Gasteiger partial charge >= 0.3 is 0 Å². The molecule has 6 nitrogen and oxygen atoms in total. The summed E-state index contributed by atoms with van der Waals surface area (Å²) < 4.78 is 5.35. The molecule has 0 radical (unpaired) electrons. The highest BCUT2D eigenvalue weighted by Crippen LogP contribution is 2.32. The van der Waals surface area contributed by atoms with E-state index in [0.29, 0.717) is 24.5 Å². The van der Waals surface area contributed by atoms with Crippen LogP contribution in [0.15, 0.2) is 60.8 Å². The number of nitrogens with zero attached hydrogens (tertiary/aromatic N) is 2. The lowest BCUT2D eigenvalue weighted by atomic mass is 10.1. The number of ether oxygens (including phenoxy) is 1. The molecule has 2 aromatic carbocycles. The molecule has 28 heavy (non-hydrogen) atoms. The molecule has 0 spiro atoms. The fourth-order valence-electron chi connectivity index (χ4n) is 3.60. The Morgan fingerprint density at radius 3 is 2.82 bits per heavy atom. The van der Waals surface area contributed by atoms with Crippen LogP contribution in [0, 0.1) is 5.92 Å². The minimum atomic E-state index is -0.384. The lowest BCUT2D eigenvalue weighted by molar-refractivity contribution is -0.126. The number of nitrogens with one attached hydrogen (secondary N) is 1. The number of fused-ring (bicyclic) bond motifs is 1. The molecule has 1 N–H and O–H groups in total. The zero-order valence-corrected chi connectivity index (χ0v) is 15.6. The van der Waals surface area contributed by atoms with Gasteiger partial charge in [-0.1, -0.05) is 30.3 Å². The van der Waals surface area contributed by atoms with Crippen molar-refractivity contribution in [2.45, 2.75) is 13.0 Å². The Bertz CT molecular complexity index is 1030. The van der Waals surface area contributed by atoms with Crippen molar-refractivity contribution in [3.63, 3.8) is 0 Å². The Morgan fingerprint density at radius 2 is 1.96 bits per heavy atom. The van der Waals surface area contributed by atoms with Gasteiger partial charge in [-0.2, -0.15) is 0 Å². The second-order valence-electron chi connectivity index (χ2n) is 6.78. The highest BCUT2D eigenvalue weighted by atomic mass is 16.5. The van der Waals surface area contributed by atoms with Crippen LogP contribution < -0.4 is 15.0 Å². The van der Waals surface area contributed by atoms with Crippen LogP contribution in [0.25, 0.3) is 10.9 Å². The number of carbonyl (C=O) groups is 2. The normalized spacial score (nSPS) is 16.4. The van der Waals surface area contributed by atoms with Crippen molar-refractivity contribution in [1.82, 2.24) is 10.3 Å². The van der Waals surface area contributed by atoms with Crippen molar-refractivity contribution < 1.29 is 14.3 Å². The molecule has 1 aromatic heterocycles. The van der Waals surface area contributed by atoms with Gasteiger partial charge in [0.05, 0.1) is 24.2 Å². The van der Waals surface area contributed by atoms with E-state index < -0.39 is 0 Å². The number of amides is 2. The number of para-hydroxylation sites is 3. The summed E-state index contributed by atoms with van der Waals surface area (Å²) in [7, 11) is 1.57. The first kappa shape index (κ1) is 18.0. The minimum Gasteiger partial charge on any atom is -0.495 e. The number of rotatable bonds is 5. The van der Waals surface area contributed by atoms with Gasteiger partial charge in [-0.3, -0.25) is 14.6 Å².